The molecule has 0 aliphatic carbocycles. The number of halogens is 2. The van der Waals surface area contributed by atoms with Gasteiger partial charge in [-0.05, 0) is 30.2 Å². The standard InChI is InChI=1S/C16H15BrClN3/c1-11-7-9-19-16-15(11)20-14(6-8-18)21(16)10-12-4-2-3-5-13(12)17/h2-5,7,9H,6,8,10H2,1H3. The second-order valence-electron chi connectivity index (χ2n) is 4.94. The van der Waals surface area contributed by atoms with Crippen molar-refractivity contribution in [3.63, 3.8) is 0 Å². The maximum atomic E-state index is 5.93. The number of hydrogen-bond donors (Lipinski definition) is 0. The Bertz CT molecular complexity index is 782. The molecule has 0 atom stereocenters. The highest BCUT2D eigenvalue weighted by atomic mass is 79.9. The molecule has 2 heterocycles. The first-order valence-electron chi connectivity index (χ1n) is 6.81. The topological polar surface area (TPSA) is 30.7 Å². The molecular formula is C16H15BrClN3. The van der Waals surface area contributed by atoms with Crippen LogP contribution < -0.4 is 0 Å². The molecule has 0 saturated carbocycles. The summed E-state index contributed by atoms with van der Waals surface area (Å²) in [5.41, 5.74) is 4.23. The molecule has 0 unspecified atom stereocenters. The van der Waals surface area contributed by atoms with Crippen molar-refractivity contribution in [2.75, 3.05) is 5.88 Å². The van der Waals surface area contributed by atoms with Crippen molar-refractivity contribution < 1.29 is 0 Å². The van der Waals surface area contributed by atoms with Crippen LogP contribution in [0.15, 0.2) is 41.0 Å². The number of pyridine rings is 1. The summed E-state index contributed by atoms with van der Waals surface area (Å²) in [7, 11) is 0. The maximum Gasteiger partial charge on any atom is 0.160 e. The highest BCUT2D eigenvalue weighted by molar-refractivity contribution is 9.10. The summed E-state index contributed by atoms with van der Waals surface area (Å²) < 4.78 is 3.25. The third kappa shape index (κ3) is 2.83. The lowest BCUT2D eigenvalue weighted by molar-refractivity contribution is 0.745. The Morgan fingerprint density at radius 1 is 1.24 bits per heavy atom. The summed E-state index contributed by atoms with van der Waals surface area (Å²) in [4.78, 5) is 9.24. The van der Waals surface area contributed by atoms with Crippen LogP contribution in [0.1, 0.15) is 17.0 Å². The number of benzene rings is 1. The highest BCUT2D eigenvalue weighted by Crippen LogP contribution is 2.22. The predicted octanol–water partition coefficient (Wildman–Crippen LogP) is 4.33. The molecule has 0 amide bonds. The van der Waals surface area contributed by atoms with Crippen LogP contribution >= 0.6 is 27.5 Å². The van der Waals surface area contributed by atoms with Crippen molar-refractivity contribution in [3.05, 3.63) is 58.0 Å². The normalized spacial score (nSPS) is 11.2. The summed E-state index contributed by atoms with van der Waals surface area (Å²) >= 11 is 9.53. The Balaban J connectivity index is 2.13. The van der Waals surface area contributed by atoms with Gasteiger partial charge < -0.3 is 4.57 Å². The molecule has 5 heteroatoms. The molecular weight excluding hydrogens is 350 g/mol. The molecule has 0 fully saturated rings. The van der Waals surface area contributed by atoms with Crippen LogP contribution in [0, 0.1) is 6.92 Å². The Hall–Kier alpha value is -1.39. The van der Waals surface area contributed by atoms with E-state index in [1.807, 2.05) is 30.5 Å². The lowest BCUT2D eigenvalue weighted by Crippen LogP contribution is -2.07. The van der Waals surface area contributed by atoms with Crippen molar-refractivity contribution in [2.24, 2.45) is 0 Å². The summed E-state index contributed by atoms with van der Waals surface area (Å²) in [5.74, 6) is 1.54. The van der Waals surface area contributed by atoms with Crippen molar-refractivity contribution >= 4 is 38.7 Å². The van der Waals surface area contributed by atoms with E-state index in [0.29, 0.717) is 5.88 Å². The van der Waals surface area contributed by atoms with Crippen LogP contribution in [-0.4, -0.2) is 20.4 Å². The van der Waals surface area contributed by atoms with Gasteiger partial charge in [-0.2, -0.15) is 0 Å². The van der Waals surface area contributed by atoms with Gasteiger partial charge in [0.25, 0.3) is 0 Å². The number of alkyl halides is 1. The van der Waals surface area contributed by atoms with Crippen molar-refractivity contribution in [2.45, 2.75) is 19.9 Å². The van der Waals surface area contributed by atoms with Gasteiger partial charge in [-0.15, -0.1) is 11.6 Å². The minimum atomic E-state index is 0.554. The second-order valence-corrected chi connectivity index (χ2v) is 6.18. The van der Waals surface area contributed by atoms with Crippen LogP contribution in [-0.2, 0) is 13.0 Å². The van der Waals surface area contributed by atoms with Crippen LogP contribution in [0.4, 0.5) is 0 Å². The fourth-order valence-corrected chi connectivity index (χ4v) is 3.00. The SMILES string of the molecule is Cc1ccnc2c1nc(CCCl)n2Cc1ccccc1Br. The van der Waals surface area contributed by atoms with Crippen LogP contribution in [0.25, 0.3) is 11.2 Å². The van der Waals surface area contributed by atoms with E-state index in [9.17, 15) is 0 Å². The third-order valence-corrected chi connectivity index (χ3v) is 4.48. The lowest BCUT2D eigenvalue weighted by Gasteiger charge is -2.09. The van der Waals surface area contributed by atoms with E-state index >= 15 is 0 Å². The van der Waals surface area contributed by atoms with E-state index in [-0.39, 0.29) is 0 Å². The Morgan fingerprint density at radius 3 is 2.81 bits per heavy atom. The maximum absolute atomic E-state index is 5.93. The van der Waals surface area contributed by atoms with E-state index in [1.54, 1.807) is 0 Å². The van der Waals surface area contributed by atoms with Gasteiger partial charge in [-0.25, -0.2) is 9.97 Å². The average Bonchev–Trinajstić information content (AvgIpc) is 2.82. The van der Waals surface area contributed by atoms with Crippen LogP contribution in [0.5, 0.6) is 0 Å². The molecule has 2 aromatic heterocycles. The zero-order chi connectivity index (χ0) is 14.8. The van der Waals surface area contributed by atoms with Crippen LogP contribution in [0.3, 0.4) is 0 Å². The fraction of sp³-hybridized carbons (Fsp3) is 0.250. The molecule has 0 N–H and O–H groups in total. The molecule has 3 nitrogen and oxygen atoms in total. The molecule has 0 radical (unpaired) electrons. The van der Waals surface area contributed by atoms with Crippen molar-refractivity contribution in [1.29, 1.82) is 0 Å². The Morgan fingerprint density at radius 2 is 2.05 bits per heavy atom. The molecule has 21 heavy (non-hydrogen) atoms. The molecule has 1 aromatic carbocycles. The number of aryl methyl sites for hydroxylation is 2. The molecule has 108 valence electrons. The van der Waals surface area contributed by atoms with Gasteiger partial charge in [0.15, 0.2) is 5.65 Å². The first-order chi connectivity index (χ1) is 10.2. The predicted molar refractivity (Wildman–Crippen MR) is 89.9 cm³/mol. The smallest absolute Gasteiger partial charge is 0.160 e. The van der Waals surface area contributed by atoms with Gasteiger partial charge in [-0.1, -0.05) is 34.1 Å². The molecule has 0 aliphatic heterocycles. The van der Waals surface area contributed by atoms with E-state index in [2.05, 4.69) is 38.5 Å². The van der Waals surface area contributed by atoms with E-state index < -0.39 is 0 Å². The summed E-state index contributed by atoms with van der Waals surface area (Å²) in [6.07, 6.45) is 2.57. The zero-order valence-electron chi connectivity index (χ0n) is 11.7. The summed E-state index contributed by atoms with van der Waals surface area (Å²) in [6, 6.07) is 10.2. The van der Waals surface area contributed by atoms with Crippen molar-refractivity contribution in [1.82, 2.24) is 14.5 Å². The minimum Gasteiger partial charge on any atom is -0.308 e. The van der Waals surface area contributed by atoms with E-state index in [4.69, 9.17) is 16.6 Å². The zero-order valence-corrected chi connectivity index (χ0v) is 14.0. The summed E-state index contributed by atoms with van der Waals surface area (Å²) in [6.45, 7) is 2.80. The number of imidazole rings is 1. The molecule has 3 aromatic rings. The minimum absolute atomic E-state index is 0.554. The number of nitrogens with zero attached hydrogens (tertiary/aromatic N) is 3. The monoisotopic (exact) mass is 363 g/mol. The van der Waals surface area contributed by atoms with Gasteiger partial charge in [0.05, 0.1) is 6.54 Å². The first-order valence-corrected chi connectivity index (χ1v) is 8.13. The molecule has 0 bridgehead atoms. The van der Waals surface area contributed by atoms with E-state index in [1.165, 1.54) is 5.56 Å². The van der Waals surface area contributed by atoms with Gasteiger partial charge in [-0.3, -0.25) is 0 Å². The Kier molecular flexibility index (Phi) is 4.27. The van der Waals surface area contributed by atoms with Gasteiger partial charge in [0, 0.05) is 23.0 Å². The number of fused-ring (bicyclic) bond motifs is 1. The van der Waals surface area contributed by atoms with Gasteiger partial charge >= 0.3 is 0 Å². The summed E-state index contributed by atoms with van der Waals surface area (Å²) in [5, 5.41) is 0. The molecule has 0 spiro atoms. The molecule has 3 rings (SSSR count). The van der Waals surface area contributed by atoms with Gasteiger partial charge in [0.2, 0.25) is 0 Å². The second kappa shape index (κ2) is 6.16. The first kappa shape index (κ1) is 14.5. The lowest BCUT2D eigenvalue weighted by atomic mass is 10.2. The average molecular weight is 365 g/mol. The number of hydrogen-bond acceptors (Lipinski definition) is 2. The third-order valence-electron chi connectivity index (χ3n) is 3.52. The number of aromatic nitrogens is 3. The quantitative estimate of drug-likeness (QED) is 0.645. The Labute approximate surface area is 137 Å². The largest absolute Gasteiger partial charge is 0.308 e. The van der Waals surface area contributed by atoms with Crippen LogP contribution in [0.2, 0.25) is 0 Å². The fourth-order valence-electron chi connectivity index (χ4n) is 2.42. The van der Waals surface area contributed by atoms with E-state index in [0.717, 1.165) is 40.0 Å². The van der Waals surface area contributed by atoms with Crippen molar-refractivity contribution in [3.8, 4) is 0 Å². The molecule has 0 saturated heterocycles. The van der Waals surface area contributed by atoms with Gasteiger partial charge in [0.1, 0.15) is 11.3 Å². The highest BCUT2D eigenvalue weighted by Gasteiger charge is 2.14. The molecule has 0 aliphatic rings. The number of rotatable bonds is 4.